The monoisotopic (exact) mass is 427 g/mol. The summed E-state index contributed by atoms with van der Waals surface area (Å²) < 4.78 is 0. The van der Waals surface area contributed by atoms with Crippen molar-refractivity contribution in [2.45, 2.75) is 5.54 Å². The van der Waals surface area contributed by atoms with Crippen molar-refractivity contribution in [2.75, 3.05) is 17.2 Å². The largest absolute Gasteiger partial charge is 0.384 e. The smallest absolute Gasteiger partial charge is 0.172 e. The third-order valence-electron chi connectivity index (χ3n) is 7.42. The Bertz CT molecular complexity index is 1690. The average Bonchev–Trinajstić information content (AvgIpc) is 2.87. The number of anilines is 2. The Labute approximate surface area is 188 Å². The normalized spacial score (nSPS) is 21.6. The number of carbonyl (C=O) groups excluding carboxylic acids is 1. The molecule has 3 aromatic heterocycles. The molecule has 0 saturated carbocycles. The van der Waals surface area contributed by atoms with Gasteiger partial charge in [-0.25, -0.2) is 4.98 Å². The van der Waals surface area contributed by atoms with Crippen molar-refractivity contribution < 1.29 is 4.79 Å². The molecule has 2 N–H and O–H groups in total. The van der Waals surface area contributed by atoms with E-state index in [1.807, 2.05) is 67.0 Å². The van der Waals surface area contributed by atoms with Gasteiger partial charge in [0.1, 0.15) is 5.54 Å². The van der Waals surface area contributed by atoms with E-state index in [1.165, 1.54) is 0 Å². The highest BCUT2D eigenvalue weighted by Crippen LogP contribution is 2.57. The molecule has 2 atom stereocenters. The van der Waals surface area contributed by atoms with Crippen LogP contribution in [0.4, 0.5) is 11.4 Å². The molecule has 8 rings (SSSR count). The molecule has 2 aliphatic heterocycles. The Hall–Kier alpha value is -4.32. The lowest BCUT2D eigenvalue weighted by Crippen LogP contribution is -2.57. The first kappa shape index (κ1) is 17.3. The number of carbonyl (C=O) groups is 1. The molecule has 33 heavy (non-hydrogen) atoms. The molecule has 2 aromatic carbocycles. The van der Waals surface area contributed by atoms with E-state index >= 15 is 0 Å². The SMILES string of the molecule is O=C1c2ccccc2NC23c4c(ccnc4-c4nc5ccccc5c5ccnc2c45)NCC13. The van der Waals surface area contributed by atoms with Gasteiger partial charge in [-0.15, -0.1) is 0 Å². The van der Waals surface area contributed by atoms with E-state index in [9.17, 15) is 4.79 Å². The number of Topliss-reactive ketones (excluding diaryl/α,β-unsaturated/α-hetero) is 1. The van der Waals surface area contributed by atoms with E-state index in [4.69, 9.17) is 15.0 Å². The van der Waals surface area contributed by atoms with Crippen molar-refractivity contribution in [1.29, 1.82) is 0 Å². The van der Waals surface area contributed by atoms with Crippen LogP contribution in [0, 0.1) is 5.92 Å². The molecule has 6 nitrogen and oxygen atoms in total. The fourth-order valence-electron chi connectivity index (χ4n) is 6.09. The summed E-state index contributed by atoms with van der Waals surface area (Å²) in [5.41, 5.74) is 6.07. The average molecular weight is 427 g/mol. The number of para-hydroxylation sites is 2. The summed E-state index contributed by atoms with van der Waals surface area (Å²) in [6.07, 6.45) is 3.67. The lowest BCUT2D eigenvalue weighted by atomic mass is 9.63. The first-order valence-corrected chi connectivity index (χ1v) is 11.1. The summed E-state index contributed by atoms with van der Waals surface area (Å²) in [7, 11) is 0. The zero-order valence-electron chi connectivity index (χ0n) is 17.5. The Balaban J connectivity index is 1.60. The van der Waals surface area contributed by atoms with Crippen LogP contribution in [0.2, 0.25) is 0 Å². The van der Waals surface area contributed by atoms with Gasteiger partial charge in [0.15, 0.2) is 5.78 Å². The molecule has 156 valence electrons. The molecule has 3 aliphatic rings. The third kappa shape index (κ3) is 1.91. The minimum atomic E-state index is -0.813. The van der Waals surface area contributed by atoms with Crippen molar-refractivity contribution >= 4 is 38.8 Å². The first-order chi connectivity index (χ1) is 16.3. The highest BCUT2D eigenvalue weighted by atomic mass is 16.1. The van der Waals surface area contributed by atoms with E-state index in [2.05, 4.69) is 16.7 Å². The fourth-order valence-corrected chi connectivity index (χ4v) is 6.09. The third-order valence-corrected chi connectivity index (χ3v) is 7.42. The molecule has 1 aliphatic carbocycles. The number of nitrogens with one attached hydrogen (secondary N) is 2. The minimum absolute atomic E-state index is 0.119. The lowest BCUT2D eigenvalue weighted by molar-refractivity contribution is 0.0872. The predicted octanol–water partition coefficient (Wildman–Crippen LogP) is 4.75. The van der Waals surface area contributed by atoms with Gasteiger partial charge in [-0.2, -0.15) is 0 Å². The molecular weight excluding hydrogens is 410 g/mol. The van der Waals surface area contributed by atoms with Crippen LogP contribution < -0.4 is 10.6 Å². The van der Waals surface area contributed by atoms with Crippen LogP contribution in [0.25, 0.3) is 33.1 Å². The molecule has 0 fully saturated rings. The van der Waals surface area contributed by atoms with Crippen molar-refractivity contribution in [3.63, 3.8) is 0 Å². The molecule has 0 amide bonds. The van der Waals surface area contributed by atoms with E-state index in [0.29, 0.717) is 6.54 Å². The lowest BCUT2D eigenvalue weighted by Gasteiger charge is -2.50. The number of hydrogen-bond donors (Lipinski definition) is 2. The standard InChI is InChI=1S/C27H17N5O/c33-25-16-6-2-4-8-19(16)32-27-17(25)13-30-20-10-12-28-24(22(20)27)23-21-15(9-11-29-26(21)27)14-5-1-3-7-18(14)31-23/h1-12,17,30,32H,13H2. The first-order valence-electron chi connectivity index (χ1n) is 11.1. The highest BCUT2D eigenvalue weighted by molar-refractivity contribution is 6.15. The van der Waals surface area contributed by atoms with Crippen LogP contribution >= 0.6 is 0 Å². The molecule has 5 aromatic rings. The summed E-state index contributed by atoms with van der Waals surface area (Å²) in [6, 6.07) is 19.9. The Kier molecular flexibility index (Phi) is 2.99. The van der Waals surface area contributed by atoms with Crippen molar-refractivity contribution in [1.82, 2.24) is 15.0 Å². The number of benzene rings is 2. The van der Waals surface area contributed by atoms with Crippen LogP contribution in [-0.4, -0.2) is 27.3 Å². The molecular formula is C27H17N5O. The van der Waals surface area contributed by atoms with E-state index in [0.717, 1.165) is 61.3 Å². The summed E-state index contributed by atoms with van der Waals surface area (Å²) in [5.74, 6) is -0.242. The molecule has 2 unspecified atom stereocenters. The summed E-state index contributed by atoms with van der Waals surface area (Å²) in [6.45, 7) is 0.519. The summed E-state index contributed by atoms with van der Waals surface area (Å²) in [4.78, 5) is 28.7. The van der Waals surface area contributed by atoms with Crippen LogP contribution in [0.1, 0.15) is 21.6 Å². The second kappa shape index (κ2) is 5.72. The Morgan fingerprint density at radius 3 is 2.67 bits per heavy atom. The maximum atomic E-state index is 13.9. The predicted molar refractivity (Wildman–Crippen MR) is 127 cm³/mol. The van der Waals surface area contributed by atoms with Crippen LogP contribution in [-0.2, 0) is 5.54 Å². The summed E-state index contributed by atoms with van der Waals surface area (Å²) >= 11 is 0. The quantitative estimate of drug-likeness (QED) is 0.347. The number of fused-ring (bicyclic) bond motifs is 4. The second-order valence-electron chi connectivity index (χ2n) is 8.92. The molecule has 0 radical (unpaired) electrons. The van der Waals surface area contributed by atoms with Gasteiger partial charge in [0, 0.05) is 52.2 Å². The van der Waals surface area contributed by atoms with Gasteiger partial charge in [-0.1, -0.05) is 30.3 Å². The zero-order chi connectivity index (χ0) is 21.7. The number of nitrogens with zero attached hydrogens (tertiary/aromatic N) is 3. The van der Waals surface area contributed by atoms with Gasteiger partial charge in [0.25, 0.3) is 0 Å². The topological polar surface area (TPSA) is 79.8 Å². The fraction of sp³-hybridized carbons (Fsp3) is 0.111. The Morgan fingerprint density at radius 2 is 1.70 bits per heavy atom. The molecule has 0 bridgehead atoms. The molecule has 6 heteroatoms. The van der Waals surface area contributed by atoms with Gasteiger partial charge >= 0.3 is 0 Å². The number of hydrogen-bond acceptors (Lipinski definition) is 6. The molecule has 1 spiro atoms. The van der Waals surface area contributed by atoms with Crippen molar-refractivity contribution in [3.05, 3.63) is 89.9 Å². The Morgan fingerprint density at radius 1 is 0.848 bits per heavy atom. The molecule has 5 heterocycles. The summed E-state index contributed by atoms with van der Waals surface area (Å²) in [5, 5.41) is 10.4. The van der Waals surface area contributed by atoms with Crippen molar-refractivity contribution in [2.24, 2.45) is 5.92 Å². The van der Waals surface area contributed by atoms with E-state index < -0.39 is 5.54 Å². The maximum Gasteiger partial charge on any atom is 0.172 e. The van der Waals surface area contributed by atoms with Crippen LogP contribution in [0.5, 0.6) is 0 Å². The van der Waals surface area contributed by atoms with Gasteiger partial charge in [-0.05, 0) is 35.7 Å². The number of aromatic nitrogens is 3. The van der Waals surface area contributed by atoms with Gasteiger partial charge in [0.2, 0.25) is 0 Å². The highest BCUT2D eigenvalue weighted by Gasteiger charge is 2.57. The van der Waals surface area contributed by atoms with Crippen LogP contribution in [0.15, 0.2) is 73.1 Å². The number of pyridine rings is 3. The zero-order valence-corrected chi connectivity index (χ0v) is 17.5. The van der Waals surface area contributed by atoms with Gasteiger partial charge < -0.3 is 10.6 Å². The maximum absolute atomic E-state index is 13.9. The van der Waals surface area contributed by atoms with Crippen LogP contribution in [0.3, 0.4) is 0 Å². The minimum Gasteiger partial charge on any atom is -0.384 e. The van der Waals surface area contributed by atoms with E-state index in [1.54, 1.807) is 0 Å². The number of rotatable bonds is 0. The van der Waals surface area contributed by atoms with E-state index in [-0.39, 0.29) is 11.7 Å². The van der Waals surface area contributed by atoms with Crippen molar-refractivity contribution in [3.8, 4) is 11.4 Å². The van der Waals surface area contributed by atoms with Gasteiger partial charge in [-0.3, -0.25) is 14.8 Å². The molecule has 0 saturated heterocycles. The number of ketones is 1. The van der Waals surface area contributed by atoms with Gasteiger partial charge in [0.05, 0.1) is 28.5 Å². The second-order valence-corrected chi connectivity index (χ2v) is 8.92.